The highest BCUT2D eigenvalue weighted by atomic mass is 15.1. The smallest absolute Gasteiger partial charge is 0.221 e. The number of nitrogens with two attached hydrogens (primary N) is 1. The minimum Gasteiger partial charge on any atom is -0.368 e. The summed E-state index contributed by atoms with van der Waals surface area (Å²) >= 11 is 0. The van der Waals surface area contributed by atoms with Crippen LogP contribution in [-0.2, 0) is 0 Å². The van der Waals surface area contributed by atoms with Gasteiger partial charge in [0, 0.05) is 12.2 Å². The molecule has 0 bridgehead atoms. The molecule has 4 nitrogen and oxygen atoms in total. The molecule has 15 heavy (non-hydrogen) atoms. The van der Waals surface area contributed by atoms with Crippen LogP contribution >= 0.6 is 0 Å². The van der Waals surface area contributed by atoms with Gasteiger partial charge in [0.15, 0.2) is 0 Å². The molecular weight excluding hydrogens is 188 g/mol. The third-order valence-electron chi connectivity index (χ3n) is 3.12. The van der Waals surface area contributed by atoms with Crippen LogP contribution in [0.5, 0.6) is 0 Å². The number of anilines is 2. The lowest BCUT2D eigenvalue weighted by molar-refractivity contribution is 0.349. The molecule has 1 aromatic heterocycles. The van der Waals surface area contributed by atoms with E-state index in [1.54, 1.807) is 6.20 Å². The molecule has 0 radical (unpaired) electrons. The van der Waals surface area contributed by atoms with Crippen LogP contribution in [0.3, 0.4) is 0 Å². The van der Waals surface area contributed by atoms with Gasteiger partial charge in [0.1, 0.15) is 5.82 Å². The van der Waals surface area contributed by atoms with Crippen molar-refractivity contribution in [3.63, 3.8) is 0 Å². The molecule has 0 spiro atoms. The average molecular weight is 206 g/mol. The van der Waals surface area contributed by atoms with Crippen LogP contribution in [0, 0.1) is 5.92 Å². The summed E-state index contributed by atoms with van der Waals surface area (Å²) in [5.74, 6) is 1.90. The summed E-state index contributed by atoms with van der Waals surface area (Å²) in [5, 5.41) is 3.44. The fourth-order valence-electron chi connectivity index (χ4n) is 2.17. The molecule has 1 aliphatic carbocycles. The second kappa shape index (κ2) is 4.47. The first kappa shape index (κ1) is 10.2. The third kappa shape index (κ3) is 2.58. The molecule has 2 atom stereocenters. The Labute approximate surface area is 90.3 Å². The van der Waals surface area contributed by atoms with Gasteiger partial charge in [-0.05, 0) is 24.8 Å². The number of hydrogen-bond donors (Lipinski definition) is 2. The number of nitrogen functional groups attached to an aromatic ring is 1. The summed E-state index contributed by atoms with van der Waals surface area (Å²) in [4.78, 5) is 8.04. The van der Waals surface area contributed by atoms with Gasteiger partial charge in [0.2, 0.25) is 5.95 Å². The van der Waals surface area contributed by atoms with Crippen LogP contribution in [0.25, 0.3) is 0 Å². The van der Waals surface area contributed by atoms with Crippen LogP contribution < -0.4 is 11.1 Å². The first-order valence-corrected chi connectivity index (χ1v) is 5.61. The summed E-state index contributed by atoms with van der Waals surface area (Å²) in [6.07, 6.45) is 6.88. The largest absolute Gasteiger partial charge is 0.368 e. The zero-order valence-electron chi connectivity index (χ0n) is 9.11. The van der Waals surface area contributed by atoms with Gasteiger partial charge in [-0.2, -0.15) is 4.98 Å². The fraction of sp³-hybridized carbons (Fsp3) is 0.636. The molecule has 2 rings (SSSR count). The molecular formula is C11H18N4. The number of rotatable bonds is 2. The zero-order valence-corrected chi connectivity index (χ0v) is 9.11. The highest BCUT2D eigenvalue weighted by Gasteiger charge is 2.21. The maximum Gasteiger partial charge on any atom is 0.221 e. The van der Waals surface area contributed by atoms with E-state index < -0.39 is 0 Å². The van der Waals surface area contributed by atoms with Crippen molar-refractivity contribution < 1.29 is 0 Å². The Bertz CT molecular complexity index is 326. The van der Waals surface area contributed by atoms with E-state index in [-0.39, 0.29) is 0 Å². The normalized spacial score (nSPS) is 26.2. The Balaban J connectivity index is 2.01. The summed E-state index contributed by atoms with van der Waals surface area (Å²) < 4.78 is 0. The van der Waals surface area contributed by atoms with E-state index in [4.69, 9.17) is 5.73 Å². The van der Waals surface area contributed by atoms with Crippen molar-refractivity contribution in [2.75, 3.05) is 11.1 Å². The Hall–Kier alpha value is -1.32. The number of nitrogens with zero attached hydrogens (tertiary/aromatic N) is 2. The molecule has 82 valence electrons. The first-order valence-electron chi connectivity index (χ1n) is 5.61. The van der Waals surface area contributed by atoms with Crippen molar-refractivity contribution in [1.82, 2.24) is 9.97 Å². The lowest BCUT2D eigenvalue weighted by Gasteiger charge is -2.29. The van der Waals surface area contributed by atoms with E-state index in [1.165, 1.54) is 25.7 Å². The molecule has 0 aliphatic heterocycles. The van der Waals surface area contributed by atoms with E-state index in [0.29, 0.717) is 12.0 Å². The van der Waals surface area contributed by atoms with Gasteiger partial charge >= 0.3 is 0 Å². The fourth-order valence-corrected chi connectivity index (χ4v) is 2.17. The van der Waals surface area contributed by atoms with Gasteiger partial charge in [-0.1, -0.05) is 19.8 Å². The molecule has 1 aromatic rings. The average Bonchev–Trinajstić information content (AvgIpc) is 2.22. The van der Waals surface area contributed by atoms with E-state index in [9.17, 15) is 0 Å². The Morgan fingerprint density at radius 2 is 2.20 bits per heavy atom. The van der Waals surface area contributed by atoms with Crippen molar-refractivity contribution in [2.24, 2.45) is 5.92 Å². The summed E-state index contributed by atoms with van der Waals surface area (Å²) in [5.41, 5.74) is 5.54. The van der Waals surface area contributed by atoms with E-state index in [0.717, 1.165) is 11.7 Å². The molecule has 1 fully saturated rings. The third-order valence-corrected chi connectivity index (χ3v) is 3.12. The van der Waals surface area contributed by atoms with Crippen LogP contribution in [0.15, 0.2) is 12.3 Å². The van der Waals surface area contributed by atoms with E-state index in [2.05, 4.69) is 22.2 Å². The van der Waals surface area contributed by atoms with Gasteiger partial charge in [-0.15, -0.1) is 0 Å². The summed E-state index contributed by atoms with van der Waals surface area (Å²) in [6, 6.07) is 2.41. The van der Waals surface area contributed by atoms with Crippen LogP contribution in [0.2, 0.25) is 0 Å². The summed E-state index contributed by atoms with van der Waals surface area (Å²) in [6.45, 7) is 2.29. The van der Waals surface area contributed by atoms with E-state index in [1.807, 2.05) is 6.07 Å². The molecule has 1 aliphatic rings. The maximum atomic E-state index is 5.54. The van der Waals surface area contributed by atoms with Crippen molar-refractivity contribution in [2.45, 2.75) is 38.6 Å². The highest BCUT2D eigenvalue weighted by Crippen LogP contribution is 2.26. The highest BCUT2D eigenvalue weighted by molar-refractivity contribution is 5.38. The van der Waals surface area contributed by atoms with Crippen molar-refractivity contribution in [3.8, 4) is 0 Å². The second-order valence-electron chi connectivity index (χ2n) is 4.31. The molecule has 4 heteroatoms. The van der Waals surface area contributed by atoms with Gasteiger partial charge in [0.25, 0.3) is 0 Å². The van der Waals surface area contributed by atoms with Crippen LogP contribution in [0.4, 0.5) is 11.8 Å². The molecule has 0 aromatic carbocycles. The predicted molar refractivity (Wildman–Crippen MR) is 61.5 cm³/mol. The lowest BCUT2D eigenvalue weighted by atomic mass is 9.86. The molecule has 2 unspecified atom stereocenters. The minimum absolute atomic E-state index is 0.337. The van der Waals surface area contributed by atoms with Crippen LogP contribution in [0.1, 0.15) is 32.6 Å². The van der Waals surface area contributed by atoms with Gasteiger partial charge in [-0.3, -0.25) is 0 Å². The number of hydrogen-bond acceptors (Lipinski definition) is 4. The minimum atomic E-state index is 0.337. The monoisotopic (exact) mass is 206 g/mol. The quantitative estimate of drug-likeness (QED) is 0.777. The van der Waals surface area contributed by atoms with Gasteiger partial charge in [0.05, 0.1) is 0 Å². The Morgan fingerprint density at radius 3 is 2.93 bits per heavy atom. The van der Waals surface area contributed by atoms with Gasteiger partial charge < -0.3 is 11.1 Å². The Morgan fingerprint density at radius 1 is 1.40 bits per heavy atom. The molecule has 1 heterocycles. The predicted octanol–water partition coefficient (Wildman–Crippen LogP) is 2.05. The SMILES string of the molecule is CC1CCCCC1Nc1ccnc(N)n1. The first-order chi connectivity index (χ1) is 7.25. The Kier molecular flexibility index (Phi) is 3.04. The lowest BCUT2D eigenvalue weighted by Crippen LogP contribution is -2.30. The standard InChI is InChI=1S/C11H18N4/c1-8-4-2-3-5-9(8)14-10-6-7-13-11(12)15-10/h6-9H,2-5H2,1H3,(H3,12,13,14,15). The number of aromatic nitrogens is 2. The molecule has 1 saturated carbocycles. The number of nitrogens with one attached hydrogen (secondary N) is 1. The molecule has 0 saturated heterocycles. The maximum absolute atomic E-state index is 5.54. The van der Waals surface area contributed by atoms with Crippen molar-refractivity contribution in [3.05, 3.63) is 12.3 Å². The molecule has 0 amide bonds. The molecule has 3 N–H and O–H groups in total. The van der Waals surface area contributed by atoms with Gasteiger partial charge in [-0.25, -0.2) is 4.98 Å². The van der Waals surface area contributed by atoms with Crippen LogP contribution in [-0.4, -0.2) is 16.0 Å². The van der Waals surface area contributed by atoms with E-state index >= 15 is 0 Å². The van der Waals surface area contributed by atoms with Crippen molar-refractivity contribution >= 4 is 11.8 Å². The zero-order chi connectivity index (χ0) is 10.7. The topological polar surface area (TPSA) is 63.8 Å². The van der Waals surface area contributed by atoms with Crippen molar-refractivity contribution in [1.29, 1.82) is 0 Å². The second-order valence-corrected chi connectivity index (χ2v) is 4.31. The summed E-state index contributed by atoms with van der Waals surface area (Å²) in [7, 11) is 0.